The summed E-state index contributed by atoms with van der Waals surface area (Å²) in [6.45, 7) is 3.34. The van der Waals surface area contributed by atoms with E-state index in [2.05, 4.69) is 34.7 Å². The second-order valence-electron chi connectivity index (χ2n) is 4.15. The van der Waals surface area contributed by atoms with E-state index >= 15 is 0 Å². The predicted octanol–water partition coefficient (Wildman–Crippen LogP) is 1.65. The lowest BCUT2D eigenvalue weighted by atomic mass is 10.1. The smallest absolute Gasteiger partial charge is 0.358 e. The van der Waals surface area contributed by atoms with Crippen LogP contribution in [0, 0.1) is 0 Å². The van der Waals surface area contributed by atoms with Gasteiger partial charge in [-0.05, 0) is 24.1 Å². The minimum absolute atomic E-state index is 0.0343. The molecule has 0 spiro atoms. The summed E-state index contributed by atoms with van der Waals surface area (Å²) in [7, 11) is 0. The number of aromatic carboxylic acids is 1. The molecule has 100 valence electrons. The molecule has 6 nitrogen and oxygen atoms in total. The molecule has 0 aliphatic heterocycles. The van der Waals surface area contributed by atoms with Crippen LogP contribution in [-0.4, -0.2) is 32.6 Å². The summed E-state index contributed by atoms with van der Waals surface area (Å²) in [5, 5.41) is 19.3. The summed E-state index contributed by atoms with van der Waals surface area (Å²) in [5.74, 6) is -1.06. The van der Waals surface area contributed by atoms with Crippen LogP contribution in [-0.2, 0) is 13.0 Å². The van der Waals surface area contributed by atoms with Crippen LogP contribution in [0.4, 0.5) is 5.69 Å². The molecule has 0 saturated heterocycles. The Hall–Kier alpha value is -2.37. The third-order valence-electron chi connectivity index (χ3n) is 2.76. The molecule has 0 atom stereocenters. The highest BCUT2D eigenvalue weighted by atomic mass is 16.4. The number of nitrogens with zero attached hydrogens (tertiary/aromatic N) is 3. The molecule has 0 radical (unpaired) electrons. The van der Waals surface area contributed by atoms with Crippen molar-refractivity contribution in [3.63, 3.8) is 0 Å². The van der Waals surface area contributed by atoms with Crippen LogP contribution < -0.4 is 5.32 Å². The molecule has 0 aliphatic carbocycles. The maximum atomic E-state index is 10.6. The molecule has 0 amide bonds. The lowest BCUT2D eigenvalue weighted by molar-refractivity contribution is 0.0690. The molecule has 1 aromatic carbocycles. The quantitative estimate of drug-likeness (QED) is 0.825. The van der Waals surface area contributed by atoms with E-state index in [0.29, 0.717) is 13.1 Å². The first-order valence-electron chi connectivity index (χ1n) is 6.15. The fourth-order valence-corrected chi connectivity index (χ4v) is 1.72. The maximum absolute atomic E-state index is 10.6. The molecule has 2 N–H and O–H groups in total. The van der Waals surface area contributed by atoms with Gasteiger partial charge in [-0.2, -0.15) is 0 Å². The zero-order chi connectivity index (χ0) is 13.7. The Labute approximate surface area is 111 Å². The zero-order valence-corrected chi connectivity index (χ0v) is 10.7. The first kappa shape index (κ1) is 13.1. The highest BCUT2D eigenvalue weighted by molar-refractivity contribution is 5.84. The molecule has 0 unspecified atom stereocenters. The van der Waals surface area contributed by atoms with Crippen LogP contribution in [0.15, 0.2) is 30.5 Å². The topological polar surface area (TPSA) is 80.0 Å². The summed E-state index contributed by atoms with van der Waals surface area (Å²) >= 11 is 0. The van der Waals surface area contributed by atoms with E-state index in [4.69, 9.17) is 5.11 Å². The fraction of sp³-hybridized carbons (Fsp3) is 0.308. The van der Waals surface area contributed by atoms with E-state index in [9.17, 15) is 4.79 Å². The van der Waals surface area contributed by atoms with E-state index in [1.54, 1.807) is 0 Å². The predicted molar refractivity (Wildman–Crippen MR) is 71.3 cm³/mol. The van der Waals surface area contributed by atoms with Crippen molar-refractivity contribution in [3.8, 4) is 0 Å². The van der Waals surface area contributed by atoms with Crippen LogP contribution in [0.25, 0.3) is 0 Å². The molecular weight excluding hydrogens is 244 g/mol. The molecule has 2 aromatic rings. The Morgan fingerprint density at radius 3 is 3.00 bits per heavy atom. The van der Waals surface area contributed by atoms with Crippen molar-refractivity contribution in [3.05, 3.63) is 41.7 Å². The third-order valence-corrected chi connectivity index (χ3v) is 2.76. The number of carboxylic acids is 1. The van der Waals surface area contributed by atoms with E-state index in [1.165, 1.54) is 16.4 Å². The summed E-state index contributed by atoms with van der Waals surface area (Å²) in [4.78, 5) is 10.6. The van der Waals surface area contributed by atoms with Crippen molar-refractivity contribution in [2.75, 3.05) is 11.9 Å². The van der Waals surface area contributed by atoms with Gasteiger partial charge in [-0.25, -0.2) is 9.48 Å². The minimum atomic E-state index is -1.06. The highest BCUT2D eigenvalue weighted by Gasteiger charge is 2.07. The number of anilines is 1. The summed E-state index contributed by atoms with van der Waals surface area (Å²) in [6, 6.07) is 8.20. The number of aromatic nitrogens is 3. The number of rotatable bonds is 6. The molecule has 2 rings (SSSR count). The number of nitrogens with one attached hydrogen (secondary N) is 1. The van der Waals surface area contributed by atoms with Crippen LogP contribution in [0.1, 0.15) is 23.0 Å². The lowest BCUT2D eigenvalue weighted by Crippen LogP contribution is -2.11. The summed E-state index contributed by atoms with van der Waals surface area (Å²) in [6.07, 6.45) is 2.42. The SMILES string of the molecule is CCc1cccc(NCCn2cc(C(=O)O)nn2)c1. The van der Waals surface area contributed by atoms with Crippen LogP contribution in [0.2, 0.25) is 0 Å². The van der Waals surface area contributed by atoms with E-state index in [0.717, 1.165) is 12.1 Å². The van der Waals surface area contributed by atoms with Crippen LogP contribution in [0.5, 0.6) is 0 Å². The van der Waals surface area contributed by atoms with Crippen molar-refractivity contribution in [2.45, 2.75) is 19.9 Å². The van der Waals surface area contributed by atoms with Crippen molar-refractivity contribution in [1.29, 1.82) is 0 Å². The van der Waals surface area contributed by atoms with Gasteiger partial charge in [0.05, 0.1) is 12.7 Å². The maximum Gasteiger partial charge on any atom is 0.358 e. The molecular formula is C13H16N4O2. The Kier molecular flexibility index (Phi) is 4.12. The molecule has 19 heavy (non-hydrogen) atoms. The van der Waals surface area contributed by atoms with Gasteiger partial charge >= 0.3 is 5.97 Å². The normalized spacial score (nSPS) is 10.4. The largest absolute Gasteiger partial charge is 0.476 e. The van der Waals surface area contributed by atoms with Gasteiger partial charge in [0.25, 0.3) is 0 Å². The van der Waals surface area contributed by atoms with E-state index in [1.807, 2.05) is 12.1 Å². The van der Waals surface area contributed by atoms with Gasteiger partial charge in [-0.1, -0.05) is 24.3 Å². The molecule has 1 heterocycles. The summed E-state index contributed by atoms with van der Waals surface area (Å²) < 4.78 is 1.51. The van der Waals surface area contributed by atoms with E-state index < -0.39 is 5.97 Å². The van der Waals surface area contributed by atoms with Gasteiger partial charge in [-0.3, -0.25) is 0 Å². The van der Waals surface area contributed by atoms with Crippen molar-refractivity contribution in [1.82, 2.24) is 15.0 Å². The van der Waals surface area contributed by atoms with Crippen LogP contribution in [0.3, 0.4) is 0 Å². The molecule has 0 aliphatic rings. The number of carboxylic acid groups (broad SMARTS) is 1. The van der Waals surface area contributed by atoms with E-state index in [-0.39, 0.29) is 5.69 Å². The second-order valence-corrected chi connectivity index (χ2v) is 4.15. The minimum Gasteiger partial charge on any atom is -0.476 e. The number of benzene rings is 1. The van der Waals surface area contributed by atoms with Gasteiger partial charge in [0.2, 0.25) is 0 Å². The van der Waals surface area contributed by atoms with Crippen molar-refractivity contribution < 1.29 is 9.90 Å². The Morgan fingerprint density at radius 1 is 1.47 bits per heavy atom. The molecule has 1 aromatic heterocycles. The molecule has 0 fully saturated rings. The number of carbonyl (C=O) groups is 1. The fourth-order valence-electron chi connectivity index (χ4n) is 1.72. The highest BCUT2D eigenvalue weighted by Crippen LogP contribution is 2.10. The van der Waals surface area contributed by atoms with Gasteiger partial charge in [0, 0.05) is 12.2 Å². The van der Waals surface area contributed by atoms with Crippen LogP contribution >= 0.6 is 0 Å². The van der Waals surface area contributed by atoms with Crippen molar-refractivity contribution >= 4 is 11.7 Å². The Balaban J connectivity index is 1.86. The zero-order valence-electron chi connectivity index (χ0n) is 10.7. The average molecular weight is 260 g/mol. The van der Waals surface area contributed by atoms with Gasteiger partial charge in [0.1, 0.15) is 0 Å². The first-order valence-corrected chi connectivity index (χ1v) is 6.15. The van der Waals surface area contributed by atoms with Gasteiger partial charge in [-0.15, -0.1) is 5.10 Å². The number of hydrogen-bond donors (Lipinski definition) is 2. The molecule has 0 bridgehead atoms. The molecule has 6 heteroatoms. The Bertz CT molecular complexity index is 565. The summed E-state index contributed by atoms with van der Waals surface area (Å²) in [5.41, 5.74) is 2.30. The third kappa shape index (κ3) is 3.54. The number of aryl methyl sites for hydroxylation is 1. The van der Waals surface area contributed by atoms with Gasteiger partial charge < -0.3 is 10.4 Å². The number of hydrogen-bond acceptors (Lipinski definition) is 4. The first-order chi connectivity index (χ1) is 9.19. The van der Waals surface area contributed by atoms with Gasteiger partial charge in [0.15, 0.2) is 5.69 Å². The lowest BCUT2D eigenvalue weighted by Gasteiger charge is -2.07. The monoisotopic (exact) mass is 260 g/mol. The average Bonchev–Trinajstić information content (AvgIpc) is 2.88. The van der Waals surface area contributed by atoms with Crippen molar-refractivity contribution in [2.24, 2.45) is 0 Å². The second kappa shape index (κ2) is 5.99. The standard InChI is InChI=1S/C13H16N4O2/c1-2-10-4-3-5-11(8-10)14-6-7-17-9-12(13(18)19)15-16-17/h3-5,8-9,14H,2,6-7H2,1H3,(H,18,19). The molecule has 0 saturated carbocycles. The Morgan fingerprint density at radius 2 is 2.32 bits per heavy atom.